The van der Waals surface area contributed by atoms with Crippen molar-refractivity contribution in [2.75, 3.05) is 31.1 Å². The van der Waals surface area contributed by atoms with Gasteiger partial charge in [-0.15, -0.1) is 0 Å². The zero-order chi connectivity index (χ0) is 14.7. The molecular weight excluding hydrogens is 264 g/mol. The van der Waals surface area contributed by atoms with Crippen LogP contribution in [0.1, 0.15) is 31.7 Å². The van der Waals surface area contributed by atoms with Gasteiger partial charge in [0.05, 0.1) is 0 Å². The van der Waals surface area contributed by atoms with Crippen LogP contribution in [0.15, 0.2) is 18.3 Å². The van der Waals surface area contributed by atoms with Gasteiger partial charge in [0.25, 0.3) is 0 Å². The Morgan fingerprint density at radius 2 is 2.29 bits per heavy atom. The maximum absolute atomic E-state index is 11.7. The first-order valence-electron chi connectivity index (χ1n) is 7.98. The van der Waals surface area contributed by atoms with Gasteiger partial charge in [-0.2, -0.15) is 0 Å². The van der Waals surface area contributed by atoms with Crippen LogP contribution in [0, 0.1) is 0 Å². The fourth-order valence-electron chi connectivity index (χ4n) is 3.19. The number of nitrogens with zero attached hydrogens (tertiary/aromatic N) is 3. The first-order valence-corrected chi connectivity index (χ1v) is 7.98. The van der Waals surface area contributed by atoms with E-state index in [1.165, 1.54) is 5.56 Å². The van der Waals surface area contributed by atoms with Crippen LogP contribution in [-0.2, 0) is 11.3 Å². The summed E-state index contributed by atoms with van der Waals surface area (Å²) in [5.41, 5.74) is 1.22. The number of carbonyl (C=O) groups excluding carboxylic acids is 1. The van der Waals surface area contributed by atoms with E-state index in [0.29, 0.717) is 18.4 Å². The molecule has 0 saturated carbocycles. The predicted octanol–water partition coefficient (Wildman–Crippen LogP) is 1.39. The third-order valence-corrected chi connectivity index (χ3v) is 4.38. The molecule has 1 atom stereocenters. The lowest BCUT2D eigenvalue weighted by Gasteiger charge is -2.38. The molecule has 1 aromatic rings. The molecule has 1 N–H and O–H groups in total. The molecule has 114 valence electrons. The number of amides is 1. The molecule has 2 fully saturated rings. The highest BCUT2D eigenvalue weighted by Gasteiger charge is 2.35. The van der Waals surface area contributed by atoms with E-state index in [-0.39, 0.29) is 0 Å². The van der Waals surface area contributed by atoms with E-state index >= 15 is 0 Å². The molecule has 1 unspecified atom stereocenters. The van der Waals surface area contributed by atoms with Crippen LogP contribution in [0.25, 0.3) is 0 Å². The minimum Gasteiger partial charge on any atom is -0.353 e. The summed E-state index contributed by atoms with van der Waals surface area (Å²) in [5, 5.41) is 3.39. The average molecular weight is 288 g/mol. The van der Waals surface area contributed by atoms with E-state index < -0.39 is 0 Å². The summed E-state index contributed by atoms with van der Waals surface area (Å²) >= 11 is 0. The molecule has 5 nitrogen and oxygen atoms in total. The molecule has 3 heterocycles. The third-order valence-electron chi connectivity index (χ3n) is 4.38. The predicted molar refractivity (Wildman–Crippen MR) is 83.2 cm³/mol. The van der Waals surface area contributed by atoms with Crippen molar-refractivity contribution in [3.63, 3.8) is 0 Å². The second-order valence-corrected chi connectivity index (χ2v) is 5.93. The number of carbonyl (C=O) groups is 1. The number of hydrogen-bond donors (Lipinski definition) is 1. The second kappa shape index (κ2) is 6.43. The minimum atomic E-state index is 0.324. The molecule has 0 aromatic carbocycles. The van der Waals surface area contributed by atoms with Crippen LogP contribution < -0.4 is 10.2 Å². The molecule has 21 heavy (non-hydrogen) atoms. The van der Waals surface area contributed by atoms with E-state index in [9.17, 15) is 4.79 Å². The van der Waals surface area contributed by atoms with Gasteiger partial charge >= 0.3 is 0 Å². The summed E-state index contributed by atoms with van der Waals surface area (Å²) in [7, 11) is 0. The van der Waals surface area contributed by atoms with E-state index in [1.54, 1.807) is 0 Å². The Morgan fingerprint density at radius 1 is 1.38 bits per heavy atom. The van der Waals surface area contributed by atoms with Crippen molar-refractivity contribution < 1.29 is 4.79 Å². The number of rotatable bonds is 5. The molecule has 3 rings (SSSR count). The Bertz CT molecular complexity index is 488. The van der Waals surface area contributed by atoms with Crippen LogP contribution in [-0.4, -0.2) is 48.0 Å². The average Bonchev–Trinajstić information content (AvgIpc) is 2.89. The van der Waals surface area contributed by atoms with Crippen LogP contribution in [0.2, 0.25) is 0 Å². The van der Waals surface area contributed by atoms with Crippen molar-refractivity contribution in [2.45, 2.75) is 38.8 Å². The van der Waals surface area contributed by atoms with Gasteiger partial charge in [-0.1, -0.05) is 13.0 Å². The molecule has 1 aromatic heterocycles. The first kappa shape index (κ1) is 14.3. The maximum Gasteiger partial charge on any atom is 0.223 e. The lowest BCUT2D eigenvalue weighted by Crippen LogP contribution is -2.51. The second-order valence-electron chi connectivity index (χ2n) is 5.93. The summed E-state index contributed by atoms with van der Waals surface area (Å²) in [5.74, 6) is 1.36. The van der Waals surface area contributed by atoms with Gasteiger partial charge in [-0.05, 0) is 31.0 Å². The quantitative estimate of drug-likeness (QED) is 0.832. The van der Waals surface area contributed by atoms with Gasteiger partial charge in [-0.3, -0.25) is 4.79 Å². The Kier molecular flexibility index (Phi) is 4.39. The van der Waals surface area contributed by atoms with Gasteiger partial charge in [0.2, 0.25) is 5.91 Å². The summed E-state index contributed by atoms with van der Waals surface area (Å²) in [6.45, 7) is 6.74. The minimum absolute atomic E-state index is 0.324. The number of nitrogens with one attached hydrogen (secondary N) is 1. The highest BCUT2D eigenvalue weighted by atomic mass is 16.2. The topological polar surface area (TPSA) is 48.5 Å². The fraction of sp³-hybridized carbons (Fsp3) is 0.625. The summed E-state index contributed by atoms with van der Waals surface area (Å²) in [4.78, 5) is 20.7. The van der Waals surface area contributed by atoms with E-state index in [4.69, 9.17) is 0 Å². The number of anilines is 1. The van der Waals surface area contributed by atoms with E-state index in [1.807, 2.05) is 11.1 Å². The summed E-state index contributed by atoms with van der Waals surface area (Å²) in [6.07, 6.45) is 4.82. The Hall–Kier alpha value is -1.62. The lowest BCUT2D eigenvalue weighted by atomic mass is 10.1. The molecule has 2 aliphatic heterocycles. The smallest absolute Gasteiger partial charge is 0.223 e. The molecule has 0 radical (unpaired) electrons. The van der Waals surface area contributed by atoms with Crippen molar-refractivity contribution in [3.8, 4) is 0 Å². The number of pyridine rings is 1. The number of fused-ring (bicyclic) bond motifs is 1. The van der Waals surface area contributed by atoms with E-state index in [2.05, 4.69) is 34.3 Å². The summed E-state index contributed by atoms with van der Waals surface area (Å²) in [6, 6.07) is 4.64. The monoisotopic (exact) mass is 288 g/mol. The van der Waals surface area contributed by atoms with E-state index in [0.717, 1.165) is 51.4 Å². The largest absolute Gasteiger partial charge is 0.353 e. The highest BCUT2D eigenvalue weighted by molar-refractivity contribution is 5.79. The zero-order valence-corrected chi connectivity index (χ0v) is 12.7. The first-order chi connectivity index (χ1) is 10.3. The molecule has 0 aliphatic carbocycles. The van der Waals surface area contributed by atoms with Crippen molar-refractivity contribution in [3.05, 3.63) is 23.9 Å². The maximum atomic E-state index is 11.7. The van der Waals surface area contributed by atoms with Gasteiger partial charge in [0.15, 0.2) is 0 Å². The van der Waals surface area contributed by atoms with Gasteiger partial charge in [0.1, 0.15) is 5.82 Å². The molecule has 2 saturated heterocycles. The van der Waals surface area contributed by atoms with Crippen LogP contribution >= 0.6 is 0 Å². The standard InChI is InChI=1S/C16H24N4O/c1-2-7-17-10-13-3-5-15(18-11-13)19-8-9-20-14(12-19)4-6-16(20)21/h3,5,11,14,17H,2,4,6-10,12H2,1H3. The van der Waals surface area contributed by atoms with Crippen LogP contribution in [0.5, 0.6) is 0 Å². The normalized spacial score (nSPS) is 21.8. The van der Waals surface area contributed by atoms with Crippen LogP contribution in [0.3, 0.4) is 0 Å². The zero-order valence-electron chi connectivity index (χ0n) is 12.7. The molecular formula is C16H24N4O. The van der Waals surface area contributed by atoms with Crippen molar-refractivity contribution in [1.82, 2.24) is 15.2 Å². The molecule has 5 heteroatoms. The van der Waals surface area contributed by atoms with Crippen molar-refractivity contribution >= 4 is 11.7 Å². The van der Waals surface area contributed by atoms with Gasteiger partial charge in [-0.25, -0.2) is 4.98 Å². The number of hydrogen-bond acceptors (Lipinski definition) is 4. The number of piperazine rings is 1. The highest BCUT2D eigenvalue weighted by Crippen LogP contribution is 2.25. The van der Waals surface area contributed by atoms with Gasteiger partial charge in [0, 0.05) is 44.8 Å². The summed E-state index contributed by atoms with van der Waals surface area (Å²) < 4.78 is 0. The molecule has 2 aliphatic rings. The van der Waals surface area contributed by atoms with Crippen LogP contribution in [0.4, 0.5) is 5.82 Å². The Morgan fingerprint density at radius 3 is 3.05 bits per heavy atom. The van der Waals surface area contributed by atoms with Crippen molar-refractivity contribution in [1.29, 1.82) is 0 Å². The van der Waals surface area contributed by atoms with Gasteiger partial charge < -0.3 is 15.1 Å². The SMILES string of the molecule is CCCNCc1ccc(N2CCN3C(=O)CCC3C2)nc1. The van der Waals surface area contributed by atoms with Crippen molar-refractivity contribution in [2.24, 2.45) is 0 Å². The lowest BCUT2D eigenvalue weighted by molar-refractivity contribution is -0.129. The molecule has 0 spiro atoms. The molecule has 0 bridgehead atoms. The Balaban J connectivity index is 1.58. The number of aromatic nitrogens is 1. The fourth-order valence-corrected chi connectivity index (χ4v) is 3.19. The molecule has 1 amide bonds. The Labute approximate surface area is 126 Å². The third kappa shape index (κ3) is 3.18.